The van der Waals surface area contributed by atoms with E-state index in [1.165, 1.54) is 18.5 Å². The molecule has 0 fully saturated rings. The van der Waals surface area contributed by atoms with Gasteiger partial charge in [-0.15, -0.1) is 0 Å². The van der Waals surface area contributed by atoms with Gasteiger partial charge >= 0.3 is 6.18 Å². The number of halogens is 4. The zero-order valence-electron chi connectivity index (χ0n) is 6.35. The Labute approximate surface area is 81.1 Å². The van der Waals surface area contributed by atoms with Crippen LogP contribution in [0.4, 0.5) is 13.2 Å². The molecular weight excluding hydrogens is 249 g/mol. The number of hydrogen-bond donors (Lipinski definition) is 1. The average Bonchev–Trinajstić information content (AvgIpc) is 2.02. The Balaban J connectivity index is 3.02. The van der Waals surface area contributed by atoms with Gasteiger partial charge in [-0.3, -0.25) is 4.98 Å². The molecule has 0 unspecified atom stereocenters. The molecule has 0 aliphatic rings. The summed E-state index contributed by atoms with van der Waals surface area (Å²) in [6.45, 7) is 0. The molecule has 1 aromatic heterocycles. The first kappa shape index (κ1) is 10.5. The summed E-state index contributed by atoms with van der Waals surface area (Å²) in [5.41, 5.74) is 4.98. The van der Waals surface area contributed by atoms with Gasteiger partial charge < -0.3 is 5.73 Å². The highest BCUT2D eigenvalue weighted by molar-refractivity contribution is 9.10. The second-order valence-electron chi connectivity index (χ2n) is 2.42. The van der Waals surface area contributed by atoms with Crippen LogP contribution in [0.1, 0.15) is 11.6 Å². The number of pyridine rings is 1. The van der Waals surface area contributed by atoms with Crippen molar-refractivity contribution in [2.24, 2.45) is 5.73 Å². The van der Waals surface area contributed by atoms with E-state index >= 15 is 0 Å². The molecule has 1 rings (SSSR count). The normalized spacial score (nSPS) is 14.2. The Hall–Kier alpha value is -0.620. The van der Waals surface area contributed by atoms with Crippen molar-refractivity contribution in [1.82, 2.24) is 4.98 Å². The molecule has 6 heteroatoms. The molecule has 0 saturated carbocycles. The van der Waals surface area contributed by atoms with Gasteiger partial charge in [0.25, 0.3) is 0 Å². The van der Waals surface area contributed by atoms with Crippen LogP contribution in [0.25, 0.3) is 0 Å². The first-order chi connectivity index (χ1) is 5.93. The maximum atomic E-state index is 12.1. The minimum absolute atomic E-state index is 0.0116. The summed E-state index contributed by atoms with van der Waals surface area (Å²) < 4.78 is 36.7. The summed E-state index contributed by atoms with van der Waals surface area (Å²) in [5, 5.41) is 0. The largest absolute Gasteiger partial charge is 0.407 e. The van der Waals surface area contributed by atoms with E-state index < -0.39 is 12.2 Å². The van der Waals surface area contributed by atoms with Gasteiger partial charge in [-0.25, -0.2) is 0 Å². The fourth-order valence-corrected chi connectivity index (χ4v) is 1.31. The molecule has 0 bridgehead atoms. The zero-order chi connectivity index (χ0) is 10.1. The molecule has 0 amide bonds. The van der Waals surface area contributed by atoms with Crippen molar-refractivity contribution in [2.45, 2.75) is 12.2 Å². The summed E-state index contributed by atoms with van der Waals surface area (Å²) in [5.74, 6) is 0. The van der Waals surface area contributed by atoms with Gasteiger partial charge in [0.15, 0.2) is 0 Å². The van der Waals surface area contributed by atoms with Crippen molar-refractivity contribution in [3.8, 4) is 0 Å². The van der Waals surface area contributed by atoms with Crippen molar-refractivity contribution in [3.05, 3.63) is 28.5 Å². The van der Waals surface area contributed by atoms with Crippen LogP contribution in [-0.4, -0.2) is 11.2 Å². The van der Waals surface area contributed by atoms with Crippen LogP contribution in [0, 0.1) is 0 Å². The van der Waals surface area contributed by atoms with Gasteiger partial charge in [0, 0.05) is 16.9 Å². The summed E-state index contributed by atoms with van der Waals surface area (Å²) in [6, 6.07) is -0.729. The highest BCUT2D eigenvalue weighted by atomic mass is 79.9. The lowest BCUT2D eigenvalue weighted by Gasteiger charge is -2.16. The minimum atomic E-state index is -4.43. The lowest BCUT2D eigenvalue weighted by Crippen LogP contribution is -2.28. The van der Waals surface area contributed by atoms with E-state index in [0.717, 1.165) is 0 Å². The van der Waals surface area contributed by atoms with Gasteiger partial charge in [0.1, 0.15) is 6.04 Å². The summed E-state index contributed by atoms with van der Waals surface area (Å²) >= 11 is 2.95. The average molecular weight is 255 g/mol. The number of aromatic nitrogens is 1. The van der Waals surface area contributed by atoms with Gasteiger partial charge in [0.2, 0.25) is 0 Å². The van der Waals surface area contributed by atoms with Crippen molar-refractivity contribution in [3.63, 3.8) is 0 Å². The third-order valence-corrected chi connectivity index (χ3v) is 2.15. The maximum Gasteiger partial charge on any atom is 0.407 e. The standard InChI is InChI=1S/C7H6BrF3N2/c8-5-3-13-2-1-4(5)6(12)7(9,10)11/h1-3,6H,12H2/t6-/m0/s1. The molecule has 0 saturated heterocycles. The molecule has 1 atom stereocenters. The molecule has 0 aromatic carbocycles. The molecule has 0 aliphatic heterocycles. The molecule has 0 radical (unpaired) electrons. The molecule has 1 heterocycles. The summed E-state index contributed by atoms with van der Waals surface area (Å²) in [7, 11) is 0. The van der Waals surface area contributed by atoms with Crippen LogP contribution in [0.2, 0.25) is 0 Å². The Morgan fingerprint density at radius 1 is 1.46 bits per heavy atom. The zero-order valence-corrected chi connectivity index (χ0v) is 7.93. The van der Waals surface area contributed by atoms with Gasteiger partial charge in [-0.2, -0.15) is 13.2 Å². The van der Waals surface area contributed by atoms with Crippen LogP contribution < -0.4 is 5.73 Å². The van der Waals surface area contributed by atoms with Crippen molar-refractivity contribution in [1.29, 1.82) is 0 Å². The van der Waals surface area contributed by atoms with Crippen molar-refractivity contribution >= 4 is 15.9 Å². The number of alkyl halides is 3. The van der Waals surface area contributed by atoms with Crippen LogP contribution in [-0.2, 0) is 0 Å². The second kappa shape index (κ2) is 3.63. The third-order valence-electron chi connectivity index (χ3n) is 1.49. The quantitative estimate of drug-likeness (QED) is 0.836. The molecule has 1 aromatic rings. The first-order valence-electron chi connectivity index (χ1n) is 3.34. The Morgan fingerprint density at radius 2 is 2.08 bits per heavy atom. The van der Waals surface area contributed by atoms with E-state index in [4.69, 9.17) is 5.73 Å². The fraction of sp³-hybridized carbons (Fsp3) is 0.286. The van der Waals surface area contributed by atoms with Gasteiger partial charge in [0.05, 0.1) is 0 Å². The van der Waals surface area contributed by atoms with Crippen LogP contribution in [0.5, 0.6) is 0 Å². The minimum Gasteiger partial charge on any atom is -0.316 e. The number of nitrogens with zero attached hydrogens (tertiary/aromatic N) is 1. The molecule has 2 N–H and O–H groups in total. The number of nitrogens with two attached hydrogens (primary N) is 1. The lowest BCUT2D eigenvalue weighted by molar-refractivity contribution is -0.149. The highest BCUT2D eigenvalue weighted by Crippen LogP contribution is 2.33. The molecule has 72 valence electrons. The number of hydrogen-bond acceptors (Lipinski definition) is 2. The second-order valence-corrected chi connectivity index (χ2v) is 3.27. The number of rotatable bonds is 1. The van der Waals surface area contributed by atoms with E-state index in [9.17, 15) is 13.2 Å². The highest BCUT2D eigenvalue weighted by Gasteiger charge is 2.38. The summed E-state index contributed by atoms with van der Waals surface area (Å²) in [6.07, 6.45) is -1.88. The molecule has 0 aliphatic carbocycles. The fourth-order valence-electron chi connectivity index (χ4n) is 0.814. The lowest BCUT2D eigenvalue weighted by atomic mass is 10.1. The van der Waals surface area contributed by atoms with Gasteiger partial charge in [-0.05, 0) is 27.6 Å². The Bertz CT molecular complexity index is 300. The topological polar surface area (TPSA) is 38.9 Å². The van der Waals surface area contributed by atoms with E-state index in [1.54, 1.807) is 0 Å². The molecule has 0 spiro atoms. The third kappa shape index (κ3) is 2.41. The van der Waals surface area contributed by atoms with Crippen LogP contribution in [0.3, 0.4) is 0 Å². The van der Waals surface area contributed by atoms with Crippen LogP contribution in [0.15, 0.2) is 22.9 Å². The van der Waals surface area contributed by atoms with Crippen LogP contribution >= 0.6 is 15.9 Å². The van der Waals surface area contributed by atoms with E-state index in [1.807, 2.05) is 0 Å². The van der Waals surface area contributed by atoms with E-state index in [-0.39, 0.29) is 10.0 Å². The smallest absolute Gasteiger partial charge is 0.316 e. The van der Waals surface area contributed by atoms with Gasteiger partial charge in [-0.1, -0.05) is 0 Å². The van der Waals surface area contributed by atoms with E-state index in [0.29, 0.717) is 0 Å². The Kier molecular flexibility index (Phi) is 2.92. The molecule has 2 nitrogen and oxygen atoms in total. The van der Waals surface area contributed by atoms with Crippen molar-refractivity contribution in [2.75, 3.05) is 0 Å². The first-order valence-corrected chi connectivity index (χ1v) is 4.14. The monoisotopic (exact) mass is 254 g/mol. The molecule has 13 heavy (non-hydrogen) atoms. The Morgan fingerprint density at radius 3 is 2.54 bits per heavy atom. The predicted octanol–water partition coefficient (Wildman–Crippen LogP) is 2.41. The summed E-state index contributed by atoms with van der Waals surface area (Å²) in [4.78, 5) is 3.64. The maximum absolute atomic E-state index is 12.1. The molecular formula is C7H6BrF3N2. The predicted molar refractivity (Wildman–Crippen MR) is 44.9 cm³/mol. The van der Waals surface area contributed by atoms with E-state index in [2.05, 4.69) is 20.9 Å². The van der Waals surface area contributed by atoms with Crippen molar-refractivity contribution < 1.29 is 13.2 Å². The SMILES string of the molecule is N[C@@H](c1ccncc1Br)C(F)(F)F.